The van der Waals surface area contributed by atoms with Crippen molar-refractivity contribution in [1.29, 1.82) is 0 Å². The van der Waals surface area contributed by atoms with E-state index in [9.17, 15) is 4.79 Å². The fourth-order valence-corrected chi connectivity index (χ4v) is 2.04. The molecule has 0 saturated carbocycles. The van der Waals surface area contributed by atoms with E-state index in [1.807, 2.05) is 12.2 Å². The lowest BCUT2D eigenvalue weighted by atomic mass is 9.89. The van der Waals surface area contributed by atoms with E-state index in [0.29, 0.717) is 6.29 Å². The highest BCUT2D eigenvalue weighted by Crippen LogP contribution is 2.25. The summed E-state index contributed by atoms with van der Waals surface area (Å²) in [5.74, 6) is -0.147. The van der Waals surface area contributed by atoms with Crippen LogP contribution in [0.5, 0.6) is 0 Å². The highest BCUT2D eigenvalue weighted by Gasteiger charge is 2.18. The van der Waals surface area contributed by atoms with Crippen LogP contribution in [-0.4, -0.2) is 11.5 Å². The molecule has 0 aliphatic heterocycles. The summed E-state index contributed by atoms with van der Waals surface area (Å²) < 4.78 is 0. The van der Waals surface area contributed by atoms with Gasteiger partial charge in [0, 0.05) is 0 Å². The van der Waals surface area contributed by atoms with Crippen LogP contribution in [0.2, 0.25) is 0 Å². The third-order valence-electron chi connectivity index (χ3n) is 2.95. The maximum Gasteiger partial charge on any atom is 0.228 e. The van der Waals surface area contributed by atoms with Crippen molar-refractivity contribution < 1.29 is 9.59 Å². The summed E-state index contributed by atoms with van der Waals surface area (Å²) in [5, 5.41) is -0.267. The molecule has 0 spiro atoms. The third kappa shape index (κ3) is 4.49. The Balaban J connectivity index is 0.000000399. The lowest BCUT2D eigenvalue weighted by Crippen LogP contribution is -2.13. The van der Waals surface area contributed by atoms with Crippen LogP contribution in [0.4, 0.5) is 0 Å². The molecule has 19 heavy (non-hydrogen) atoms. The molecule has 1 aromatic rings. The number of carbonyl (C=O) groups is 2. The number of carbonyl (C=O) groups excluding carboxylic acids is 2. The van der Waals surface area contributed by atoms with Gasteiger partial charge in [-0.2, -0.15) is 0 Å². The zero-order valence-electron chi connectivity index (χ0n) is 10.9. The van der Waals surface area contributed by atoms with Crippen molar-refractivity contribution in [1.82, 2.24) is 0 Å². The predicted molar refractivity (Wildman–Crippen MR) is 79.2 cm³/mol. The predicted octanol–water partition coefficient (Wildman–Crippen LogP) is 3.57. The standard InChI is InChI=1S/C13H13ClO.C3H4O/c1-2-9-3-4-11-8-12(13(14)15)6-5-10(11)7-9;1-2-3-4/h3-7,12H,2,8H2,1H3;2-3H,1H2. The normalized spacial score (nSPS) is 15.8. The van der Waals surface area contributed by atoms with E-state index in [2.05, 4.69) is 31.7 Å². The van der Waals surface area contributed by atoms with E-state index in [0.717, 1.165) is 12.8 Å². The number of benzene rings is 1. The molecule has 1 aliphatic carbocycles. The molecule has 1 unspecified atom stereocenters. The molecule has 0 heterocycles. The molecule has 0 saturated heterocycles. The summed E-state index contributed by atoms with van der Waals surface area (Å²) in [7, 11) is 0. The minimum Gasteiger partial charge on any atom is -0.299 e. The fraction of sp³-hybridized carbons (Fsp3) is 0.250. The smallest absolute Gasteiger partial charge is 0.228 e. The number of aldehydes is 1. The maximum absolute atomic E-state index is 11.0. The molecule has 0 amide bonds. The van der Waals surface area contributed by atoms with Gasteiger partial charge in [-0.25, -0.2) is 0 Å². The first-order valence-electron chi connectivity index (χ1n) is 6.17. The van der Waals surface area contributed by atoms with E-state index < -0.39 is 0 Å². The summed E-state index contributed by atoms with van der Waals surface area (Å²) in [6, 6.07) is 6.40. The average Bonchev–Trinajstić information content (AvgIpc) is 2.46. The van der Waals surface area contributed by atoms with Crippen molar-refractivity contribution in [2.45, 2.75) is 19.8 Å². The SMILES string of the molecule is C=CC=O.CCc1ccc2c(c1)C=CC(C(=O)Cl)C2. The van der Waals surface area contributed by atoms with Crippen molar-refractivity contribution in [2.75, 3.05) is 0 Å². The van der Waals surface area contributed by atoms with Gasteiger partial charge in [0.05, 0.1) is 5.92 Å². The minimum absolute atomic E-state index is 0.147. The van der Waals surface area contributed by atoms with Gasteiger partial charge < -0.3 is 0 Å². The monoisotopic (exact) mass is 276 g/mol. The Kier molecular flexibility index (Phi) is 6.23. The van der Waals surface area contributed by atoms with Gasteiger partial charge in [-0.3, -0.25) is 9.59 Å². The van der Waals surface area contributed by atoms with E-state index in [-0.39, 0.29) is 11.2 Å². The van der Waals surface area contributed by atoms with Crippen LogP contribution in [0, 0.1) is 5.92 Å². The number of fused-ring (bicyclic) bond motifs is 1. The van der Waals surface area contributed by atoms with Crippen LogP contribution in [0.25, 0.3) is 6.08 Å². The number of allylic oxidation sites excluding steroid dienone is 2. The zero-order valence-corrected chi connectivity index (χ0v) is 11.7. The van der Waals surface area contributed by atoms with Crippen LogP contribution in [0.3, 0.4) is 0 Å². The second-order valence-corrected chi connectivity index (χ2v) is 4.60. The molecule has 0 radical (unpaired) electrons. The van der Waals surface area contributed by atoms with E-state index in [1.165, 1.54) is 22.8 Å². The summed E-state index contributed by atoms with van der Waals surface area (Å²) in [5.41, 5.74) is 3.77. The number of hydrogen-bond donors (Lipinski definition) is 0. The van der Waals surface area contributed by atoms with Gasteiger partial charge in [-0.1, -0.05) is 43.9 Å². The molecular weight excluding hydrogens is 260 g/mol. The number of rotatable bonds is 3. The molecule has 0 fully saturated rings. The topological polar surface area (TPSA) is 34.1 Å². The summed E-state index contributed by atoms with van der Waals surface area (Å²) in [6.07, 6.45) is 7.51. The molecule has 2 nitrogen and oxygen atoms in total. The molecule has 100 valence electrons. The Bertz CT molecular complexity index is 497. The largest absolute Gasteiger partial charge is 0.299 e. The quantitative estimate of drug-likeness (QED) is 0.480. The first kappa shape index (κ1) is 15.4. The first-order chi connectivity index (χ1) is 9.12. The molecule has 0 N–H and O–H groups in total. The summed E-state index contributed by atoms with van der Waals surface area (Å²) in [6.45, 7) is 5.25. The van der Waals surface area contributed by atoms with Gasteiger partial charge >= 0.3 is 0 Å². The van der Waals surface area contributed by atoms with Crippen LogP contribution in [-0.2, 0) is 22.4 Å². The Morgan fingerprint density at radius 1 is 1.53 bits per heavy atom. The van der Waals surface area contributed by atoms with Crippen molar-refractivity contribution >= 4 is 29.2 Å². The minimum atomic E-state index is -0.267. The Morgan fingerprint density at radius 3 is 2.74 bits per heavy atom. The molecule has 0 bridgehead atoms. The van der Waals surface area contributed by atoms with Crippen molar-refractivity contribution in [2.24, 2.45) is 5.92 Å². The molecule has 2 rings (SSSR count). The lowest BCUT2D eigenvalue weighted by Gasteiger charge is -2.16. The van der Waals surface area contributed by atoms with Gasteiger partial charge in [0.2, 0.25) is 5.24 Å². The van der Waals surface area contributed by atoms with Gasteiger partial charge in [0.25, 0.3) is 0 Å². The molecule has 1 aromatic carbocycles. The highest BCUT2D eigenvalue weighted by atomic mass is 35.5. The second-order valence-electron chi connectivity index (χ2n) is 4.23. The van der Waals surface area contributed by atoms with Gasteiger partial charge in [-0.05, 0) is 47.2 Å². The third-order valence-corrected chi connectivity index (χ3v) is 3.23. The van der Waals surface area contributed by atoms with Crippen LogP contribution in [0.1, 0.15) is 23.6 Å². The van der Waals surface area contributed by atoms with Crippen molar-refractivity contribution in [3.8, 4) is 0 Å². The summed E-state index contributed by atoms with van der Waals surface area (Å²) in [4.78, 5) is 20.1. The molecule has 1 atom stereocenters. The second kappa shape index (κ2) is 7.70. The van der Waals surface area contributed by atoms with Crippen LogP contribution >= 0.6 is 11.6 Å². The summed E-state index contributed by atoms with van der Waals surface area (Å²) >= 11 is 5.49. The van der Waals surface area contributed by atoms with Crippen molar-refractivity contribution in [3.05, 3.63) is 53.6 Å². The van der Waals surface area contributed by atoms with Gasteiger partial charge in [0.15, 0.2) is 0 Å². The van der Waals surface area contributed by atoms with E-state index >= 15 is 0 Å². The number of aryl methyl sites for hydroxylation is 1. The zero-order chi connectivity index (χ0) is 14.3. The van der Waals surface area contributed by atoms with Gasteiger partial charge in [0.1, 0.15) is 6.29 Å². The van der Waals surface area contributed by atoms with Crippen molar-refractivity contribution in [3.63, 3.8) is 0 Å². The van der Waals surface area contributed by atoms with Crippen LogP contribution < -0.4 is 0 Å². The Hall–Kier alpha value is -1.67. The number of hydrogen-bond acceptors (Lipinski definition) is 2. The average molecular weight is 277 g/mol. The Morgan fingerprint density at radius 2 is 2.21 bits per heavy atom. The van der Waals surface area contributed by atoms with Gasteiger partial charge in [-0.15, -0.1) is 0 Å². The lowest BCUT2D eigenvalue weighted by molar-refractivity contribution is -0.113. The van der Waals surface area contributed by atoms with E-state index in [1.54, 1.807) is 0 Å². The molecule has 3 heteroatoms. The highest BCUT2D eigenvalue weighted by molar-refractivity contribution is 6.64. The molecule has 0 aromatic heterocycles. The maximum atomic E-state index is 11.0. The molecule has 1 aliphatic rings. The number of halogens is 1. The fourth-order valence-electron chi connectivity index (χ4n) is 1.89. The van der Waals surface area contributed by atoms with E-state index in [4.69, 9.17) is 16.4 Å². The Labute approximate surface area is 118 Å². The first-order valence-corrected chi connectivity index (χ1v) is 6.55. The van der Waals surface area contributed by atoms with Crippen LogP contribution in [0.15, 0.2) is 36.9 Å². The molecular formula is C16H17ClO2.